The summed E-state index contributed by atoms with van der Waals surface area (Å²) in [5.41, 5.74) is 0.501. The van der Waals surface area contributed by atoms with E-state index in [1.807, 2.05) is 0 Å². The fraction of sp³-hybridized carbons (Fsp3) is 0.500. The number of likely N-dealkylation sites (tertiary alicyclic amines) is 1. The van der Waals surface area contributed by atoms with Crippen molar-refractivity contribution in [1.29, 1.82) is 0 Å². The lowest BCUT2D eigenvalue weighted by molar-refractivity contribution is 0.0792. The third-order valence-corrected chi connectivity index (χ3v) is 5.49. The Balaban J connectivity index is 2.16. The summed E-state index contributed by atoms with van der Waals surface area (Å²) >= 11 is 0. The summed E-state index contributed by atoms with van der Waals surface area (Å²) in [6.45, 7) is 1.33. The molecule has 0 bridgehead atoms. The Morgan fingerprint density at radius 3 is 2.33 bits per heavy atom. The molecule has 1 aromatic carbocycles. The minimum absolute atomic E-state index is 0.0385. The first-order chi connectivity index (χ1) is 9.96. The van der Waals surface area contributed by atoms with Crippen LogP contribution in [-0.4, -0.2) is 61.9 Å². The van der Waals surface area contributed by atoms with Gasteiger partial charge in [0, 0.05) is 32.2 Å². The molecule has 1 heterocycles. The van der Waals surface area contributed by atoms with Crippen molar-refractivity contribution in [1.82, 2.24) is 9.21 Å². The van der Waals surface area contributed by atoms with E-state index in [0.717, 1.165) is 30.2 Å². The van der Waals surface area contributed by atoms with E-state index in [1.54, 1.807) is 17.0 Å². The maximum absolute atomic E-state index is 12.2. The van der Waals surface area contributed by atoms with E-state index in [2.05, 4.69) is 0 Å². The Hall–Kier alpha value is -1.44. The molecule has 1 fully saturated rings. The van der Waals surface area contributed by atoms with Crippen LogP contribution >= 0.6 is 0 Å². The summed E-state index contributed by atoms with van der Waals surface area (Å²) in [6, 6.07) is 5.96. The number of nitrogens with zero attached hydrogens (tertiary/aromatic N) is 2. The molecule has 0 atom stereocenters. The van der Waals surface area contributed by atoms with Gasteiger partial charge in [0.15, 0.2) is 0 Å². The Bertz CT molecular complexity index is 592. The zero-order valence-corrected chi connectivity index (χ0v) is 12.8. The van der Waals surface area contributed by atoms with Gasteiger partial charge in [0.05, 0.1) is 11.5 Å². The predicted molar refractivity (Wildman–Crippen MR) is 78.5 cm³/mol. The van der Waals surface area contributed by atoms with Crippen molar-refractivity contribution in [2.24, 2.45) is 0 Å². The van der Waals surface area contributed by atoms with Crippen LogP contribution in [0.1, 0.15) is 23.2 Å². The first-order valence-electron chi connectivity index (χ1n) is 6.93. The second kappa shape index (κ2) is 6.55. The van der Waals surface area contributed by atoms with Gasteiger partial charge in [-0.15, -0.1) is 0 Å². The van der Waals surface area contributed by atoms with Gasteiger partial charge >= 0.3 is 0 Å². The monoisotopic (exact) mass is 312 g/mol. The number of hydrogen-bond acceptors (Lipinski definition) is 4. The van der Waals surface area contributed by atoms with Crippen LogP contribution in [0.4, 0.5) is 0 Å². The molecule has 1 aliphatic heterocycles. The molecular formula is C14H20N2O4S. The van der Waals surface area contributed by atoms with Gasteiger partial charge in [-0.3, -0.25) is 4.79 Å². The van der Waals surface area contributed by atoms with Gasteiger partial charge in [0.2, 0.25) is 10.0 Å². The molecule has 0 spiro atoms. The summed E-state index contributed by atoms with van der Waals surface area (Å²) in [4.78, 5) is 14.1. The molecule has 1 aromatic rings. The number of benzene rings is 1. The van der Waals surface area contributed by atoms with Gasteiger partial charge in [-0.05, 0) is 37.1 Å². The number of hydrogen-bond donors (Lipinski definition) is 1. The molecule has 0 radical (unpaired) electrons. The summed E-state index contributed by atoms with van der Waals surface area (Å²) in [6.07, 6.45) is 2.04. The van der Waals surface area contributed by atoms with Gasteiger partial charge in [0.25, 0.3) is 5.91 Å². The third kappa shape index (κ3) is 3.42. The third-order valence-electron chi connectivity index (χ3n) is 3.62. The highest BCUT2D eigenvalue weighted by Gasteiger charge is 2.22. The van der Waals surface area contributed by atoms with E-state index in [-0.39, 0.29) is 24.0 Å². The molecule has 0 aliphatic carbocycles. The van der Waals surface area contributed by atoms with Gasteiger partial charge in [-0.1, -0.05) is 0 Å². The number of sulfonamides is 1. The Morgan fingerprint density at radius 2 is 1.81 bits per heavy atom. The molecule has 0 unspecified atom stereocenters. The molecule has 116 valence electrons. The van der Waals surface area contributed by atoms with E-state index in [4.69, 9.17) is 5.11 Å². The van der Waals surface area contributed by atoms with Crippen molar-refractivity contribution in [3.05, 3.63) is 29.8 Å². The topological polar surface area (TPSA) is 77.9 Å². The summed E-state index contributed by atoms with van der Waals surface area (Å²) in [5.74, 6) is -0.0554. The second-order valence-corrected chi connectivity index (χ2v) is 7.12. The van der Waals surface area contributed by atoms with Gasteiger partial charge in [-0.25, -0.2) is 8.42 Å². The van der Waals surface area contributed by atoms with Crippen molar-refractivity contribution < 1.29 is 18.3 Å². The van der Waals surface area contributed by atoms with Crippen LogP contribution < -0.4 is 0 Å². The highest BCUT2D eigenvalue weighted by atomic mass is 32.2. The van der Waals surface area contributed by atoms with E-state index in [1.165, 1.54) is 19.2 Å². The SMILES string of the molecule is CN(CCO)S(=O)(=O)c1ccc(C(=O)N2CCCC2)cc1. The fourth-order valence-corrected chi connectivity index (χ4v) is 3.48. The van der Waals surface area contributed by atoms with Crippen LogP contribution in [0.5, 0.6) is 0 Å². The van der Waals surface area contributed by atoms with Gasteiger partial charge in [0.1, 0.15) is 0 Å². The van der Waals surface area contributed by atoms with Crippen molar-refractivity contribution in [2.75, 3.05) is 33.3 Å². The van der Waals surface area contributed by atoms with Crippen molar-refractivity contribution in [3.63, 3.8) is 0 Å². The van der Waals surface area contributed by atoms with E-state index < -0.39 is 10.0 Å². The number of amides is 1. The maximum atomic E-state index is 12.2. The standard InChI is InChI=1S/C14H20N2O4S/c1-15(10-11-17)21(19,20)13-6-4-12(5-7-13)14(18)16-8-2-3-9-16/h4-7,17H,2-3,8-11H2,1H3. The molecular weight excluding hydrogens is 292 g/mol. The molecule has 21 heavy (non-hydrogen) atoms. The highest BCUT2D eigenvalue weighted by molar-refractivity contribution is 7.89. The Morgan fingerprint density at radius 1 is 1.24 bits per heavy atom. The normalized spacial score (nSPS) is 15.7. The first-order valence-corrected chi connectivity index (χ1v) is 8.37. The summed E-state index contributed by atoms with van der Waals surface area (Å²) < 4.78 is 25.4. The Kier molecular flexibility index (Phi) is 4.97. The zero-order chi connectivity index (χ0) is 15.5. The highest BCUT2D eigenvalue weighted by Crippen LogP contribution is 2.17. The lowest BCUT2D eigenvalue weighted by Gasteiger charge is -2.17. The minimum Gasteiger partial charge on any atom is -0.395 e. The average Bonchev–Trinajstić information content (AvgIpc) is 3.01. The molecule has 1 amide bonds. The average molecular weight is 312 g/mol. The number of aliphatic hydroxyl groups excluding tert-OH is 1. The lowest BCUT2D eigenvalue weighted by Crippen LogP contribution is -2.30. The second-order valence-electron chi connectivity index (χ2n) is 5.07. The van der Waals surface area contributed by atoms with Crippen molar-refractivity contribution >= 4 is 15.9 Å². The number of likely N-dealkylation sites (N-methyl/N-ethyl adjacent to an activating group) is 1. The van der Waals surface area contributed by atoms with Crippen molar-refractivity contribution in [3.8, 4) is 0 Å². The van der Waals surface area contributed by atoms with Crippen LogP contribution in [0.15, 0.2) is 29.2 Å². The van der Waals surface area contributed by atoms with Crippen LogP contribution in [0.25, 0.3) is 0 Å². The molecule has 2 rings (SSSR count). The predicted octanol–water partition coefficient (Wildman–Crippen LogP) is 0.535. The van der Waals surface area contributed by atoms with Crippen LogP contribution in [-0.2, 0) is 10.0 Å². The Labute approximate surface area is 125 Å². The molecule has 7 heteroatoms. The minimum atomic E-state index is -3.61. The molecule has 1 aliphatic rings. The first kappa shape index (κ1) is 15.9. The molecule has 1 N–H and O–H groups in total. The largest absolute Gasteiger partial charge is 0.395 e. The van der Waals surface area contributed by atoms with Crippen molar-refractivity contribution in [2.45, 2.75) is 17.7 Å². The van der Waals surface area contributed by atoms with E-state index >= 15 is 0 Å². The molecule has 0 aromatic heterocycles. The fourth-order valence-electron chi connectivity index (χ4n) is 2.31. The number of carbonyl (C=O) groups excluding carboxylic acids is 1. The molecule has 0 saturated carbocycles. The van der Waals surface area contributed by atoms with E-state index in [9.17, 15) is 13.2 Å². The zero-order valence-electron chi connectivity index (χ0n) is 12.0. The number of aliphatic hydroxyl groups is 1. The molecule has 6 nitrogen and oxygen atoms in total. The number of carbonyl (C=O) groups is 1. The number of rotatable bonds is 5. The van der Waals surface area contributed by atoms with Crippen LogP contribution in [0.3, 0.4) is 0 Å². The maximum Gasteiger partial charge on any atom is 0.253 e. The quantitative estimate of drug-likeness (QED) is 0.860. The van der Waals surface area contributed by atoms with Crippen LogP contribution in [0, 0.1) is 0 Å². The van der Waals surface area contributed by atoms with E-state index in [0.29, 0.717) is 5.56 Å². The van der Waals surface area contributed by atoms with Crippen LogP contribution in [0.2, 0.25) is 0 Å². The smallest absolute Gasteiger partial charge is 0.253 e. The summed E-state index contributed by atoms with van der Waals surface area (Å²) in [5, 5.41) is 8.83. The summed E-state index contributed by atoms with van der Waals surface area (Å²) in [7, 11) is -2.20. The van der Waals surface area contributed by atoms with Gasteiger partial charge < -0.3 is 10.0 Å². The molecule has 1 saturated heterocycles. The van der Waals surface area contributed by atoms with Gasteiger partial charge in [-0.2, -0.15) is 4.31 Å². The lowest BCUT2D eigenvalue weighted by atomic mass is 10.2.